The van der Waals surface area contributed by atoms with Gasteiger partial charge in [-0.1, -0.05) is 18.2 Å². The van der Waals surface area contributed by atoms with Crippen LogP contribution in [0.4, 0.5) is 0 Å². The number of benzene rings is 1. The zero-order valence-corrected chi connectivity index (χ0v) is 11.1. The van der Waals surface area contributed by atoms with Crippen LogP contribution in [-0.4, -0.2) is 43.6 Å². The number of hydrogen-bond acceptors (Lipinski definition) is 4. The molecule has 0 radical (unpaired) electrons. The van der Waals surface area contributed by atoms with E-state index >= 15 is 0 Å². The van der Waals surface area contributed by atoms with Crippen molar-refractivity contribution in [2.75, 3.05) is 20.8 Å². The van der Waals surface area contributed by atoms with Crippen LogP contribution in [0.1, 0.15) is 12.0 Å². The molecule has 1 aliphatic rings. The summed E-state index contributed by atoms with van der Waals surface area (Å²) in [6.45, 7) is 0.605. The molecule has 5 nitrogen and oxygen atoms in total. The van der Waals surface area contributed by atoms with E-state index in [-0.39, 0.29) is 18.3 Å². The number of amides is 1. The minimum absolute atomic E-state index is 0.0776. The maximum absolute atomic E-state index is 12.2. The van der Waals surface area contributed by atoms with Gasteiger partial charge in [-0.15, -0.1) is 0 Å². The van der Waals surface area contributed by atoms with Gasteiger partial charge in [0, 0.05) is 12.1 Å². The second-order valence-corrected chi connectivity index (χ2v) is 4.40. The Morgan fingerprint density at radius 3 is 2.63 bits per heavy atom. The molecule has 1 atom stereocenters. The first-order valence-corrected chi connectivity index (χ1v) is 6.16. The molecule has 102 valence electrons. The molecule has 1 aliphatic heterocycles. The molecule has 1 aromatic carbocycles. The van der Waals surface area contributed by atoms with Gasteiger partial charge in [-0.25, -0.2) is 4.79 Å². The lowest BCUT2D eigenvalue weighted by Gasteiger charge is -2.38. The van der Waals surface area contributed by atoms with Crippen molar-refractivity contribution in [2.24, 2.45) is 0 Å². The average molecular weight is 263 g/mol. The zero-order valence-electron chi connectivity index (χ0n) is 11.1. The van der Waals surface area contributed by atoms with Crippen molar-refractivity contribution in [1.29, 1.82) is 0 Å². The molecule has 1 aromatic rings. The molecule has 2 rings (SSSR count). The Morgan fingerprint density at radius 1 is 1.32 bits per heavy atom. The van der Waals surface area contributed by atoms with Gasteiger partial charge in [0.1, 0.15) is 11.8 Å². The number of likely N-dealkylation sites (tertiary alicyclic amines) is 1. The van der Waals surface area contributed by atoms with Gasteiger partial charge in [0.25, 0.3) is 0 Å². The first-order chi connectivity index (χ1) is 9.17. The lowest BCUT2D eigenvalue weighted by Crippen LogP contribution is -2.55. The van der Waals surface area contributed by atoms with Crippen LogP contribution < -0.4 is 4.74 Å². The van der Waals surface area contributed by atoms with Gasteiger partial charge in [0.15, 0.2) is 0 Å². The minimum Gasteiger partial charge on any atom is -0.496 e. The van der Waals surface area contributed by atoms with Crippen LogP contribution in [0.2, 0.25) is 0 Å². The fourth-order valence-corrected chi connectivity index (χ4v) is 2.18. The molecule has 0 saturated carbocycles. The van der Waals surface area contributed by atoms with E-state index in [1.807, 2.05) is 24.3 Å². The van der Waals surface area contributed by atoms with E-state index in [1.165, 1.54) is 7.11 Å². The molecular formula is C14H17NO4. The van der Waals surface area contributed by atoms with Crippen LogP contribution in [0, 0.1) is 0 Å². The molecule has 19 heavy (non-hydrogen) atoms. The number of carbonyl (C=O) groups excluding carboxylic acids is 2. The molecule has 1 saturated heterocycles. The number of nitrogens with zero attached hydrogens (tertiary/aromatic N) is 1. The Bertz CT molecular complexity index is 486. The number of methoxy groups -OCH3 is 2. The minimum atomic E-state index is -0.424. The third-order valence-electron chi connectivity index (χ3n) is 3.35. The highest BCUT2D eigenvalue weighted by Gasteiger charge is 2.38. The Labute approximate surface area is 112 Å². The first kappa shape index (κ1) is 13.4. The summed E-state index contributed by atoms with van der Waals surface area (Å²) < 4.78 is 9.88. The average Bonchev–Trinajstić information content (AvgIpc) is 2.37. The molecule has 1 unspecified atom stereocenters. The van der Waals surface area contributed by atoms with E-state index in [2.05, 4.69) is 4.74 Å². The summed E-state index contributed by atoms with van der Waals surface area (Å²) >= 11 is 0. The van der Waals surface area contributed by atoms with E-state index in [0.29, 0.717) is 18.7 Å². The third kappa shape index (κ3) is 2.70. The molecule has 0 spiro atoms. The van der Waals surface area contributed by atoms with Gasteiger partial charge in [-0.05, 0) is 12.5 Å². The predicted molar refractivity (Wildman–Crippen MR) is 68.8 cm³/mol. The van der Waals surface area contributed by atoms with E-state index in [4.69, 9.17) is 4.74 Å². The van der Waals surface area contributed by atoms with Gasteiger partial charge in [-0.2, -0.15) is 0 Å². The fourth-order valence-electron chi connectivity index (χ4n) is 2.18. The van der Waals surface area contributed by atoms with Crippen LogP contribution in [0.25, 0.3) is 0 Å². The monoisotopic (exact) mass is 263 g/mol. The van der Waals surface area contributed by atoms with Crippen molar-refractivity contribution in [3.05, 3.63) is 29.8 Å². The van der Waals surface area contributed by atoms with E-state index in [1.54, 1.807) is 12.0 Å². The van der Waals surface area contributed by atoms with E-state index < -0.39 is 6.04 Å². The number of carbonyl (C=O) groups is 2. The standard InChI is InChI=1S/C14H17NO4/c1-18-12-6-4-3-5-10(12)9-13(16)15-8-7-11(15)14(17)19-2/h3-6,11H,7-9H2,1-2H3. The lowest BCUT2D eigenvalue weighted by molar-refractivity contribution is -0.159. The summed E-state index contributed by atoms with van der Waals surface area (Å²) in [6.07, 6.45) is 0.905. The molecule has 1 amide bonds. The third-order valence-corrected chi connectivity index (χ3v) is 3.35. The topological polar surface area (TPSA) is 55.8 Å². The summed E-state index contributed by atoms with van der Waals surface area (Å²) in [7, 11) is 2.91. The van der Waals surface area contributed by atoms with Gasteiger partial charge in [0.05, 0.1) is 20.6 Å². The largest absolute Gasteiger partial charge is 0.496 e. The number of rotatable bonds is 4. The molecule has 0 N–H and O–H groups in total. The Balaban J connectivity index is 2.03. The van der Waals surface area contributed by atoms with Gasteiger partial charge in [0.2, 0.25) is 5.91 Å². The smallest absolute Gasteiger partial charge is 0.328 e. The van der Waals surface area contributed by atoms with Gasteiger partial charge < -0.3 is 14.4 Å². The highest BCUT2D eigenvalue weighted by atomic mass is 16.5. The van der Waals surface area contributed by atoms with Crippen molar-refractivity contribution in [3.63, 3.8) is 0 Å². The predicted octanol–water partition coefficient (Wildman–Crippen LogP) is 1.01. The molecule has 0 aromatic heterocycles. The second-order valence-electron chi connectivity index (χ2n) is 4.40. The maximum Gasteiger partial charge on any atom is 0.328 e. The molecule has 5 heteroatoms. The lowest BCUT2D eigenvalue weighted by atomic mass is 10.0. The van der Waals surface area contributed by atoms with Crippen molar-refractivity contribution >= 4 is 11.9 Å². The SMILES string of the molecule is COC(=O)C1CCN1C(=O)Cc1ccccc1OC. The van der Waals surface area contributed by atoms with E-state index in [9.17, 15) is 9.59 Å². The molecule has 0 aliphatic carbocycles. The quantitative estimate of drug-likeness (QED) is 0.761. The normalized spacial score (nSPS) is 17.6. The molecular weight excluding hydrogens is 246 g/mol. The summed E-state index contributed by atoms with van der Waals surface area (Å²) in [4.78, 5) is 25.2. The van der Waals surface area contributed by atoms with Crippen LogP contribution in [0.3, 0.4) is 0 Å². The Kier molecular flexibility index (Phi) is 4.04. The van der Waals surface area contributed by atoms with Crippen LogP contribution in [0.15, 0.2) is 24.3 Å². The van der Waals surface area contributed by atoms with Crippen LogP contribution in [0.5, 0.6) is 5.75 Å². The van der Waals surface area contributed by atoms with Crippen LogP contribution >= 0.6 is 0 Å². The number of para-hydroxylation sites is 1. The second kappa shape index (κ2) is 5.73. The molecule has 0 bridgehead atoms. The maximum atomic E-state index is 12.2. The summed E-state index contributed by atoms with van der Waals surface area (Å²) in [6, 6.07) is 6.96. The van der Waals surface area contributed by atoms with Crippen molar-refractivity contribution in [2.45, 2.75) is 18.9 Å². The van der Waals surface area contributed by atoms with Crippen molar-refractivity contribution in [3.8, 4) is 5.75 Å². The number of hydrogen-bond donors (Lipinski definition) is 0. The van der Waals surface area contributed by atoms with Crippen molar-refractivity contribution < 1.29 is 19.1 Å². The highest BCUT2D eigenvalue weighted by molar-refractivity contribution is 5.87. The van der Waals surface area contributed by atoms with Crippen LogP contribution in [-0.2, 0) is 20.7 Å². The molecule has 1 heterocycles. The van der Waals surface area contributed by atoms with Gasteiger partial charge >= 0.3 is 5.97 Å². The summed E-state index contributed by atoms with van der Waals surface area (Å²) in [5.74, 6) is 0.261. The Morgan fingerprint density at radius 2 is 2.05 bits per heavy atom. The number of esters is 1. The van der Waals surface area contributed by atoms with E-state index in [0.717, 1.165) is 5.56 Å². The van der Waals surface area contributed by atoms with Crippen molar-refractivity contribution in [1.82, 2.24) is 4.90 Å². The zero-order chi connectivity index (χ0) is 13.8. The number of ether oxygens (including phenoxy) is 2. The molecule has 1 fully saturated rings. The fraction of sp³-hybridized carbons (Fsp3) is 0.429. The first-order valence-electron chi connectivity index (χ1n) is 6.16. The summed E-state index contributed by atoms with van der Waals surface area (Å²) in [5.41, 5.74) is 0.825. The highest BCUT2D eigenvalue weighted by Crippen LogP contribution is 2.23. The van der Waals surface area contributed by atoms with Gasteiger partial charge in [-0.3, -0.25) is 4.79 Å². The summed E-state index contributed by atoms with van der Waals surface area (Å²) in [5, 5.41) is 0. The Hall–Kier alpha value is -2.04.